The van der Waals surface area contributed by atoms with Crippen molar-refractivity contribution in [1.82, 2.24) is 9.97 Å². The van der Waals surface area contributed by atoms with Gasteiger partial charge in [0.25, 0.3) is 0 Å². The fourth-order valence-corrected chi connectivity index (χ4v) is 3.19. The van der Waals surface area contributed by atoms with Crippen LogP contribution in [0.3, 0.4) is 0 Å². The molecule has 2 heterocycles. The van der Waals surface area contributed by atoms with E-state index in [-0.39, 0.29) is 0 Å². The number of hydrogen-bond acceptors (Lipinski definition) is 4. The summed E-state index contributed by atoms with van der Waals surface area (Å²) in [6, 6.07) is 0. The van der Waals surface area contributed by atoms with E-state index >= 15 is 0 Å². The predicted molar refractivity (Wildman–Crippen MR) is 63.8 cm³/mol. The van der Waals surface area contributed by atoms with Crippen molar-refractivity contribution in [1.29, 1.82) is 0 Å². The first-order chi connectivity index (χ1) is 7.22. The molecule has 0 saturated carbocycles. The molecule has 0 radical (unpaired) electrons. The van der Waals surface area contributed by atoms with Gasteiger partial charge in [-0.1, -0.05) is 0 Å². The number of aromatic nitrogens is 2. The Kier molecular flexibility index (Phi) is 3.26. The molecule has 1 unspecified atom stereocenters. The Hall–Kier alpha value is -0.610. The normalized spacial score (nSPS) is 20.9. The van der Waals surface area contributed by atoms with Gasteiger partial charge in [-0.2, -0.15) is 11.8 Å². The van der Waals surface area contributed by atoms with Crippen LogP contribution in [0.4, 0.5) is 0 Å². The first kappa shape index (κ1) is 10.9. The Balaban J connectivity index is 2.33. The van der Waals surface area contributed by atoms with Gasteiger partial charge < -0.3 is 5.73 Å². The van der Waals surface area contributed by atoms with Gasteiger partial charge in [-0.3, -0.25) is 0 Å². The SMILES string of the molecule is Cc1nc(C2CCCS2)nc(C)c1CN. The summed E-state index contributed by atoms with van der Waals surface area (Å²) < 4.78 is 0. The van der Waals surface area contributed by atoms with Crippen molar-refractivity contribution in [2.24, 2.45) is 5.73 Å². The number of hydrogen-bond donors (Lipinski definition) is 1. The number of thioether (sulfide) groups is 1. The Morgan fingerprint density at radius 3 is 2.47 bits per heavy atom. The van der Waals surface area contributed by atoms with E-state index in [0.717, 1.165) is 22.8 Å². The van der Waals surface area contributed by atoms with Crippen LogP contribution >= 0.6 is 11.8 Å². The summed E-state index contributed by atoms with van der Waals surface area (Å²) in [6.07, 6.45) is 2.50. The fourth-order valence-electron chi connectivity index (χ4n) is 1.99. The molecule has 3 nitrogen and oxygen atoms in total. The molecular weight excluding hydrogens is 206 g/mol. The van der Waals surface area contributed by atoms with E-state index in [0.29, 0.717) is 11.8 Å². The topological polar surface area (TPSA) is 51.8 Å². The van der Waals surface area contributed by atoms with Gasteiger partial charge in [0.2, 0.25) is 0 Å². The standard InChI is InChI=1S/C11H17N3S/c1-7-9(6-12)8(2)14-11(13-7)10-4-3-5-15-10/h10H,3-6,12H2,1-2H3. The molecule has 2 N–H and O–H groups in total. The van der Waals surface area contributed by atoms with Crippen LogP contribution in [0.5, 0.6) is 0 Å². The second-order valence-corrected chi connectivity index (χ2v) is 5.25. The molecule has 2 rings (SSSR count). The van der Waals surface area contributed by atoms with Crippen molar-refractivity contribution in [3.05, 3.63) is 22.8 Å². The van der Waals surface area contributed by atoms with Crippen molar-refractivity contribution in [3.8, 4) is 0 Å². The largest absolute Gasteiger partial charge is 0.326 e. The summed E-state index contributed by atoms with van der Waals surface area (Å²) in [5.74, 6) is 2.25. The minimum atomic E-state index is 0.509. The summed E-state index contributed by atoms with van der Waals surface area (Å²) >= 11 is 1.97. The zero-order valence-corrected chi connectivity index (χ0v) is 10.1. The number of nitrogens with two attached hydrogens (primary N) is 1. The van der Waals surface area contributed by atoms with Crippen molar-refractivity contribution < 1.29 is 0 Å². The molecule has 1 atom stereocenters. The molecule has 15 heavy (non-hydrogen) atoms. The number of nitrogens with zero attached hydrogens (tertiary/aromatic N) is 2. The van der Waals surface area contributed by atoms with Crippen molar-refractivity contribution in [2.75, 3.05) is 5.75 Å². The molecule has 1 aliphatic rings. The van der Waals surface area contributed by atoms with Gasteiger partial charge in [0.05, 0.1) is 5.25 Å². The van der Waals surface area contributed by atoms with E-state index in [9.17, 15) is 0 Å². The molecule has 0 spiro atoms. The molecule has 1 fully saturated rings. The van der Waals surface area contributed by atoms with Crippen molar-refractivity contribution >= 4 is 11.8 Å². The third kappa shape index (κ3) is 2.16. The predicted octanol–water partition coefficient (Wildman–Crippen LogP) is 2.12. The third-order valence-corrected chi connectivity index (χ3v) is 4.23. The van der Waals surface area contributed by atoms with Crippen molar-refractivity contribution in [2.45, 2.75) is 38.5 Å². The minimum absolute atomic E-state index is 0.509. The van der Waals surface area contributed by atoms with Crippen LogP contribution < -0.4 is 5.73 Å². The Morgan fingerprint density at radius 1 is 1.33 bits per heavy atom. The summed E-state index contributed by atoms with van der Waals surface area (Å²) in [7, 11) is 0. The summed E-state index contributed by atoms with van der Waals surface area (Å²) in [6.45, 7) is 4.59. The molecule has 82 valence electrons. The van der Waals surface area contributed by atoms with Crippen LogP contribution in [0.15, 0.2) is 0 Å². The van der Waals surface area contributed by atoms with E-state index < -0.39 is 0 Å². The zero-order chi connectivity index (χ0) is 10.8. The van der Waals surface area contributed by atoms with E-state index in [2.05, 4.69) is 9.97 Å². The minimum Gasteiger partial charge on any atom is -0.326 e. The lowest BCUT2D eigenvalue weighted by Crippen LogP contribution is -2.10. The van der Waals surface area contributed by atoms with Gasteiger partial charge in [0.1, 0.15) is 5.82 Å². The molecule has 1 aromatic rings. The first-order valence-electron chi connectivity index (χ1n) is 5.38. The van der Waals surface area contributed by atoms with Gasteiger partial charge >= 0.3 is 0 Å². The number of aryl methyl sites for hydroxylation is 2. The molecule has 1 saturated heterocycles. The molecule has 0 aromatic carbocycles. The highest BCUT2D eigenvalue weighted by Gasteiger charge is 2.21. The van der Waals surface area contributed by atoms with E-state index in [1.54, 1.807) is 0 Å². The monoisotopic (exact) mass is 223 g/mol. The third-order valence-electron chi connectivity index (χ3n) is 2.86. The molecule has 1 aromatic heterocycles. The van der Waals surface area contributed by atoms with Gasteiger partial charge in [-0.15, -0.1) is 0 Å². The lowest BCUT2D eigenvalue weighted by atomic mass is 10.1. The van der Waals surface area contributed by atoms with Crippen LogP contribution in [0.25, 0.3) is 0 Å². The molecule has 0 amide bonds. The molecule has 4 heteroatoms. The molecule has 1 aliphatic heterocycles. The highest BCUT2D eigenvalue weighted by molar-refractivity contribution is 7.99. The molecule has 0 aliphatic carbocycles. The van der Waals surface area contributed by atoms with Crippen LogP contribution in [0.2, 0.25) is 0 Å². The smallest absolute Gasteiger partial charge is 0.141 e. The second kappa shape index (κ2) is 4.49. The van der Waals surface area contributed by atoms with E-state index in [1.165, 1.54) is 18.6 Å². The summed E-state index contributed by atoms with van der Waals surface area (Å²) in [5.41, 5.74) is 8.87. The van der Waals surface area contributed by atoms with E-state index in [4.69, 9.17) is 5.73 Å². The van der Waals surface area contributed by atoms with Crippen LogP contribution in [-0.2, 0) is 6.54 Å². The second-order valence-electron chi connectivity index (χ2n) is 3.94. The highest BCUT2D eigenvalue weighted by Crippen LogP contribution is 2.38. The maximum atomic E-state index is 5.67. The lowest BCUT2D eigenvalue weighted by Gasteiger charge is -2.12. The molecular formula is C11H17N3S. The quantitative estimate of drug-likeness (QED) is 0.834. The van der Waals surface area contributed by atoms with Gasteiger partial charge in [0, 0.05) is 23.5 Å². The van der Waals surface area contributed by atoms with Crippen molar-refractivity contribution in [3.63, 3.8) is 0 Å². The average Bonchev–Trinajstić information content (AvgIpc) is 2.69. The summed E-state index contributed by atoms with van der Waals surface area (Å²) in [4.78, 5) is 9.15. The fraction of sp³-hybridized carbons (Fsp3) is 0.636. The van der Waals surface area contributed by atoms with Gasteiger partial charge in [0.15, 0.2) is 0 Å². The Bertz CT molecular complexity index is 336. The van der Waals surface area contributed by atoms with E-state index in [1.807, 2.05) is 25.6 Å². The van der Waals surface area contributed by atoms with Crippen LogP contribution in [-0.4, -0.2) is 15.7 Å². The van der Waals surface area contributed by atoms with Crippen LogP contribution in [0, 0.1) is 13.8 Å². The highest BCUT2D eigenvalue weighted by atomic mass is 32.2. The number of rotatable bonds is 2. The Labute approximate surface area is 94.9 Å². The maximum absolute atomic E-state index is 5.67. The van der Waals surface area contributed by atoms with Gasteiger partial charge in [-0.25, -0.2) is 9.97 Å². The summed E-state index contributed by atoms with van der Waals surface area (Å²) in [5, 5.41) is 0.509. The van der Waals surface area contributed by atoms with Gasteiger partial charge in [-0.05, 0) is 32.4 Å². The lowest BCUT2D eigenvalue weighted by molar-refractivity contribution is 0.756. The maximum Gasteiger partial charge on any atom is 0.141 e. The molecule has 0 bridgehead atoms. The zero-order valence-electron chi connectivity index (χ0n) is 9.29. The first-order valence-corrected chi connectivity index (χ1v) is 6.43. The van der Waals surface area contributed by atoms with Crippen LogP contribution in [0.1, 0.15) is 40.9 Å². The average molecular weight is 223 g/mol. The Morgan fingerprint density at radius 2 is 2.00 bits per heavy atom.